The van der Waals surface area contributed by atoms with Gasteiger partial charge in [0.15, 0.2) is 6.10 Å². The molecule has 2 rings (SSSR count). The Morgan fingerprint density at radius 1 is 1.45 bits per heavy atom. The van der Waals surface area contributed by atoms with Crippen LogP contribution in [-0.4, -0.2) is 35.4 Å². The second-order valence-electron chi connectivity index (χ2n) is 7.22. The third-order valence-electron chi connectivity index (χ3n) is 4.14. The van der Waals surface area contributed by atoms with Crippen molar-refractivity contribution in [3.8, 4) is 18.1 Å². The normalized spacial score (nSPS) is 12.4. The molecular formula is C23H27N3O3. The Labute approximate surface area is 172 Å². The molecule has 0 fully saturated rings. The van der Waals surface area contributed by atoms with Gasteiger partial charge in [0, 0.05) is 17.1 Å². The molecule has 0 radical (unpaired) electrons. The van der Waals surface area contributed by atoms with E-state index in [1.165, 1.54) is 6.21 Å². The Morgan fingerprint density at radius 3 is 2.86 bits per heavy atom. The van der Waals surface area contributed by atoms with Crippen LogP contribution in [0.25, 0.3) is 10.9 Å². The van der Waals surface area contributed by atoms with Crippen molar-refractivity contribution < 1.29 is 14.4 Å². The van der Waals surface area contributed by atoms with E-state index in [4.69, 9.17) is 16.0 Å². The maximum atomic E-state index is 12.7. The number of carbonyl (C=O) groups is 1. The molecule has 1 amide bonds. The van der Waals surface area contributed by atoms with E-state index in [1.807, 2.05) is 45.9 Å². The predicted octanol–water partition coefficient (Wildman–Crippen LogP) is 3.77. The lowest BCUT2D eigenvalue weighted by atomic mass is 10.1. The lowest BCUT2D eigenvalue weighted by Crippen LogP contribution is -2.50. The van der Waals surface area contributed by atoms with Gasteiger partial charge < -0.3 is 14.9 Å². The third-order valence-corrected chi connectivity index (χ3v) is 4.14. The quantitative estimate of drug-likeness (QED) is 0.231. The first-order valence-corrected chi connectivity index (χ1v) is 9.42. The number of carbonyl (C=O) groups excluding carboxylic acids is 1. The zero-order chi connectivity index (χ0) is 21.4. The molecule has 1 aromatic heterocycles. The molecule has 2 aromatic rings. The highest BCUT2D eigenvalue weighted by molar-refractivity contribution is 5.87. The fraction of sp³-hybridized carbons (Fsp3) is 0.348. The number of aryl methyl sites for hydroxylation is 1. The van der Waals surface area contributed by atoms with Gasteiger partial charge in [-0.05, 0) is 51.0 Å². The predicted molar refractivity (Wildman–Crippen MR) is 116 cm³/mol. The van der Waals surface area contributed by atoms with Gasteiger partial charge >= 0.3 is 0 Å². The van der Waals surface area contributed by atoms with Gasteiger partial charge in [-0.3, -0.25) is 9.78 Å². The van der Waals surface area contributed by atoms with Gasteiger partial charge in [-0.1, -0.05) is 30.7 Å². The summed E-state index contributed by atoms with van der Waals surface area (Å²) < 4.78 is 6.00. The van der Waals surface area contributed by atoms with Crippen LogP contribution in [0, 0.1) is 19.3 Å². The molecule has 6 heteroatoms. The number of aromatic nitrogens is 1. The smallest absolute Gasteiger partial charge is 0.261 e. The maximum absolute atomic E-state index is 12.7. The van der Waals surface area contributed by atoms with Crippen molar-refractivity contribution in [1.29, 1.82) is 0 Å². The van der Waals surface area contributed by atoms with E-state index in [9.17, 15) is 4.79 Å². The molecule has 0 bridgehead atoms. The van der Waals surface area contributed by atoms with Gasteiger partial charge in [0.2, 0.25) is 0 Å². The van der Waals surface area contributed by atoms with E-state index in [1.54, 1.807) is 12.3 Å². The Bertz CT molecular complexity index is 958. The van der Waals surface area contributed by atoms with Crippen LogP contribution < -0.4 is 10.1 Å². The van der Waals surface area contributed by atoms with Gasteiger partial charge in [0.05, 0.1) is 17.3 Å². The summed E-state index contributed by atoms with van der Waals surface area (Å²) in [6.07, 6.45) is 10.1. The highest BCUT2D eigenvalue weighted by atomic mass is 16.6. The van der Waals surface area contributed by atoms with Crippen LogP contribution >= 0.6 is 0 Å². The molecule has 1 unspecified atom stereocenters. The molecule has 1 atom stereocenters. The molecule has 152 valence electrons. The summed E-state index contributed by atoms with van der Waals surface area (Å²) in [6.45, 7) is 11.3. The van der Waals surface area contributed by atoms with Crippen molar-refractivity contribution in [3.05, 3.63) is 48.2 Å². The molecule has 0 spiro atoms. The number of oxime groups is 1. The van der Waals surface area contributed by atoms with Gasteiger partial charge in [-0.2, -0.15) is 0 Å². The number of ether oxygens (including phenoxy) is 1. The molecule has 0 saturated carbocycles. The molecule has 0 saturated heterocycles. The van der Waals surface area contributed by atoms with Crippen LogP contribution in [0.1, 0.15) is 38.3 Å². The summed E-state index contributed by atoms with van der Waals surface area (Å²) in [5.41, 5.74) is 1.80. The third kappa shape index (κ3) is 6.08. The standard InChI is InChI=1S/C23H27N3O3/c1-7-10-28-25-15-23(5,6)26-22(27)20(9-3)29-19-11-16(4)21-18(13-19)12-17(8-2)14-24-21/h2,7,11-15,20H,1,9-10H2,3-6H3,(H,26,27). The molecule has 0 aliphatic heterocycles. The number of nitrogens with zero attached hydrogens (tertiary/aromatic N) is 2. The van der Waals surface area contributed by atoms with Crippen LogP contribution in [0.3, 0.4) is 0 Å². The van der Waals surface area contributed by atoms with Crippen molar-refractivity contribution in [1.82, 2.24) is 10.3 Å². The van der Waals surface area contributed by atoms with E-state index in [0.29, 0.717) is 24.3 Å². The minimum absolute atomic E-state index is 0.235. The second kappa shape index (κ2) is 9.74. The van der Waals surface area contributed by atoms with Crippen molar-refractivity contribution in [2.24, 2.45) is 5.16 Å². The van der Waals surface area contributed by atoms with Crippen molar-refractivity contribution >= 4 is 23.0 Å². The molecule has 0 aliphatic carbocycles. The first-order valence-electron chi connectivity index (χ1n) is 9.42. The number of terminal acetylenes is 1. The topological polar surface area (TPSA) is 72.8 Å². The molecule has 1 aromatic carbocycles. The maximum Gasteiger partial charge on any atom is 0.261 e. The molecule has 0 aliphatic rings. The molecule has 1 N–H and O–H groups in total. The van der Waals surface area contributed by atoms with Crippen LogP contribution in [0.2, 0.25) is 0 Å². The minimum Gasteiger partial charge on any atom is -0.481 e. The van der Waals surface area contributed by atoms with Gasteiger partial charge in [-0.25, -0.2) is 0 Å². The van der Waals surface area contributed by atoms with Crippen LogP contribution in [0.4, 0.5) is 0 Å². The number of nitrogens with one attached hydrogen (secondary N) is 1. The first-order chi connectivity index (χ1) is 13.8. The van der Waals surface area contributed by atoms with Gasteiger partial charge in [0.1, 0.15) is 12.4 Å². The number of hydrogen-bond acceptors (Lipinski definition) is 5. The lowest BCUT2D eigenvalue weighted by Gasteiger charge is -2.25. The molecular weight excluding hydrogens is 366 g/mol. The van der Waals surface area contributed by atoms with Gasteiger partial charge in [-0.15, -0.1) is 6.42 Å². The summed E-state index contributed by atoms with van der Waals surface area (Å²) in [4.78, 5) is 22.2. The van der Waals surface area contributed by atoms with Crippen LogP contribution in [0.15, 0.2) is 42.2 Å². The van der Waals surface area contributed by atoms with E-state index in [-0.39, 0.29) is 5.91 Å². The highest BCUT2D eigenvalue weighted by Crippen LogP contribution is 2.25. The monoisotopic (exact) mass is 393 g/mol. The molecule has 29 heavy (non-hydrogen) atoms. The Morgan fingerprint density at radius 2 is 2.21 bits per heavy atom. The summed E-state index contributed by atoms with van der Waals surface area (Å²) in [5.74, 6) is 2.94. The molecule has 6 nitrogen and oxygen atoms in total. The number of pyridine rings is 1. The number of amides is 1. The number of rotatable bonds is 9. The van der Waals surface area contributed by atoms with E-state index < -0.39 is 11.6 Å². The van der Waals surface area contributed by atoms with E-state index in [0.717, 1.165) is 16.5 Å². The fourth-order valence-corrected chi connectivity index (χ4v) is 2.73. The largest absolute Gasteiger partial charge is 0.481 e. The van der Waals surface area contributed by atoms with Crippen molar-refractivity contribution in [2.75, 3.05) is 6.61 Å². The summed E-state index contributed by atoms with van der Waals surface area (Å²) in [6, 6.07) is 5.60. The average Bonchev–Trinajstić information content (AvgIpc) is 2.68. The Hall–Kier alpha value is -3.33. The van der Waals surface area contributed by atoms with Gasteiger partial charge in [0.25, 0.3) is 5.91 Å². The highest BCUT2D eigenvalue weighted by Gasteiger charge is 2.25. The summed E-state index contributed by atoms with van der Waals surface area (Å²) in [5, 5.41) is 7.63. The molecule has 1 heterocycles. The average molecular weight is 393 g/mol. The Balaban J connectivity index is 2.16. The zero-order valence-electron chi connectivity index (χ0n) is 17.4. The second-order valence-corrected chi connectivity index (χ2v) is 7.22. The van der Waals surface area contributed by atoms with E-state index in [2.05, 4.69) is 28.0 Å². The van der Waals surface area contributed by atoms with Crippen LogP contribution in [0.5, 0.6) is 5.75 Å². The SMILES string of the molecule is C#Cc1cnc2c(C)cc(OC(CC)C(=O)NC(C)(C)C=NOCC=C)cc2c1. The fourth-order valence-electron chi connectivity index (χ4n) is 2.73. The minimum atomic E-state index is -0.694. The van der Waals surface area contributed by atoms with Crippen molar-refractivity contribution in [2.45, 2.75) is 45.8 Å². The summed E-state index contributed by atoms with van der Waals surface area (Å²) in [7, 11) is 0. The van der Waals surface area contributed by atoms with Crippen molar-refractivity contribution in [3.63, 3.8) is 0 Å². The zero-order valence-corrected chi connectivity index (χ0v) is 17.4. The number of benzene rings is 1. The number of fused-ring (bicyclic) bond motifs is 1. The number of hydrogen-bond donors (Lipinski definition) is 1. The van der Waals surface area contributed by atoms with E-state index >= 15 is 0 Å². The first kappa shape index (κ1) is 22.0. The lowest BCUT2D eigenvalue weighted by molar-refractivity contribution is -0.129. The summed E-state index contributed by atoms with van der Waals surface area (Å²) >= 11 is 0. The van der Waals surface area contributed by atoms with Crippen LogP contribution in [-0.2, 0) is 9.63 Å². The Kier molecular flexibility index (Phi) is 7.38.